The molecule has 1 aliphatic rings. The highest BCUT2D eigenvalue weighted by Crippen LogP contribution is 2.41. The van der Waals surface area contributed by atoms with Gasteiger partial charge in [-0.2, -0.15) is 0 Å². The highest BCUT2D eigenvalue weighted by atomic mass is 14.8. The lowest BCUT2D eigenvalue weighted by Gasteiger charge is -2.12. The number of hydrogen-bond acceptors (Lipinski definition) is 1. The van der Waals surface area contributed by atoms with E-state index < -0.39 is 0 Å². The highest BCUT2D eigenvalue weighted by molar-refractivity contribution is 5.33. The molecule has 1 fully saturated rings. The monoisotopic (exact) mass is 265 g/mol. The van der Waals surface area contributed by atoms with Gasteiger partial charge in [-0.1, -0.05) is 55.5 Å². The summed E-state index contributed by atoms with van der Waals surface area (Å²) in [4.78, 5) is 0. The third kappa shape index (κ3) is 3.10. The van der Waals surface area contributed by atoms with Gasteiger partial charge in [0.05, 0.1) is 0 Å². The van der Waals surface area contributed by atoms with E-state index in [4.69, 9.17) is 0 Å². The minimum Gasteiger partial charge on any atom is -0.309 e. The molecule has 0 saturated heterocycles. The van der Waals surface area contributed by atoms with Crippen molar-refractivity contribution < 1.29 is 0 Å². The van der Waals surface area contributed by atoms with E-state index in [0.29, 0.717) is 0 Å². The molecular weight excluding hydrogens is 242 g/mol. The Morgan fingerprint density at radius 1 is 0.850 bits per heavy atom. The summed E-state index contributed by atoms with van der Waals surface area (Å²) < 4.78 is 0. The summed E-state index contributed by atoms with van der Waals surface area (Å²) in [5.74, 6) is 0.830. The molecule has 0 heterocycles. The summed E-state index contributed by atoms with van der Waals surface area (Å²) in [5.41, 5.74) is 5.92. The van der Waals surface area contributed by atoms with Crippen molar-refractivity contribution in [2.45, 2.75) is 45.2 Å². The van der Waals surface area contributed by atoms with Gasteiger partial charge in [-0.25, -0.2) is 0 Å². The molecule has 2 aromatic carbocycles. The minimum atomic E-state index is 0.830. The molecule has 1 N–H and O–H groups in total. The van der Waals surface area contributed by atoms with Gasteiger partial charge in [0.2, 0.25) is 0 Å². The first-order chi connectivity index (χ1) is 9.88. The lowest BCUT2D eigenvalue weighted by atomic mass is 10.0. The predicted molar refractivity (Wildman–Crippen MR) is 84.8 cm³/mol. The Labute approximate surface area is 122 Å². The smallest absolute Gasteiger partial charge is 0.0211 e. The van der Waals surface area contributed by atoms with Crippen molar-refractivity contribution in [3.05, 3.63) is 70.8 Å². The van der Waals surface area contributed by atoms with E-state index in [1.54, 1.807) is 5.56 Å². The molecule has 0 unspecified atom stereocenters. The maximum atomic E-state index is 3.62. The highest BCUT2D eigenvalue weighted by Gasteiger charge is 2.25. The lowest BCUT2D eigenvalue weighted by molar-refractivity contribution is 0.683. The second kappa shape index (κ2) is 6.23. The first-order valence-corrected chi connectivity index (χ1v) is 7.73. The quantitative estimate of drug-likeness (QED) is 0.815. The average Bonchev–Trinajstić information content (AvgIpc) is 3.33. The van der Waals surface area contributed by atoms with Gasteiger partial charge in [0, 0.05) is 13.1 Å². The number of rotatable bonds is 6. The molecule has 0 aromatic heterocycles. The molecule has 0 spiro atoms. The summed E-state index contributed by atoms with van der Waals surface area (Å²) in [6.07, 6.45) is 3.85. The maximum absolute atomic E-state index is 3.62. The zero-order valence-corrected chi connectivity index (χ0v) is 12.2. The van der Waals surface area contributed by atoms with Crippen molar-refractivity contribution in [3.8, 4) is 0 Å². The molecule has 0 aliphatic heterocycles. The van der Waals surface area contributed by atoms with Crippen LogP contribution in [0.2, 0.25) is 0 Å². The molecule has 0 amide bonds. The fourth-order valence-corrected chi connectivity index (χ4v) is 2.89. The Balaban J connectivity index is 1.63. The zero-order valence-electron chi connectivity index (χ0n) is 12.2. The second-order valence-corrected chi connectivity index (χ2v) is 5.70. The largest absolute Gasteiger partial charge is 0.309 e. The number of hydrogen-bond donors (Lipinski definition) is 1. The standard InChI is InChI=1S/C19H23N/c1-2-15-7-3-4-8-17(15)13-20-14-18-9-5-6-10-19(18)16-11-12-16/h3-10,16,20H,2,11-14H2,1H3. The number of benzene rings is 2. The molecule has 2 aromatic rings. The van der Waals surface area contributed by atoms with Crippen LogP contribution in [-0.4, -0.2) is 0 Å². The third-order valence-electron chi connectivity index (χ3n) is 4.20. The molecule has 0 atom stereocenters. The van der Waals surface area contributed by atoms with Crippen LogP contribution in [-0.2, 0) is 19.5 Å². The van der Waals surface area contributed by atoms with E-state index >= 15 is 0 Å². The Morgan fingerprint density at radius 3 is 2.15 bits per heavy atom. The van der Waals surface area contributed by atoms with Crippen LogP contribution in [0.5, 0.6) is 0 Å². The molecule has 0 radical (unpaired) electrons. The van der Waals surface area contributed by atoms with E-state index in [2.05, 4.69) is 60.8 Å². The van der Waals surface area contributed by atoms with Crippen LogP contribution < -0.4 is 5.32 Å². The van der Waals surface area contributed by atoms with Gasteiger partial charge < -0.3 is 5.32 Å². The third-order valence-corrected chi connectivity index (χ3v) is 4.20. The van der Waals surface area contributed by atoms with Crippen molar-refractivity contribution in [3.63, 3.8) is 0 Å². The molecule has 1 aliphatic carbocycles. The molecular formula is C19H23N. The normalized spacial score (nSPS) is 14.4. The Hall–Kier alpha value is -1.60. The van der Waals surface area contributed by atoms with Crippen LogP contribution in [0.1, 0.15) is 47.9 Å². The molecule has 0 bridgehead atoms. The van der Waals surface area contributed by atoms with Gasteiger partial charge in [-0.3, -0.25) is 0 Å². The Bertz CT molecular complexity index is 569. The molecule has 3 rings (SSSR count). The van der Waals surface area contributed by atoms with E-state index in [-0.39, 0.29) is 0 Å². The van der Waals surface area contributed by atoms with E-state index in [0.717, 1.165) is 25.4 Å². The van der Waals surface area contributed by atoms with Gasteiger partial charge in [0.15, 0.2) is 0 Å². The molecule has 104 valence electrons. The zero-order chi connectivity index (χ0) is 13.8. The van der Waals surface area contributed by atoms with E-state index in [1.165, 1.54) is 29.5 Å². The number of aryl methyl sites for hydroxylation is 1. The SMILES string of the molecule is CCc1ccccc1CNCc1ccccc1C1CC1. The summed E-state index contributed by atoms with van der Waals surface area (Å²) in [6, 6.07) is 17.6. The van der Waals surface area contributed by atoms with Crippen molar-refractivity contribution in [1.29, 1.82) is 0 Å². The van der Waals surface area contributed by atoms with Gasteiger partial charge in [0.25, 0.3) is 0 Å². The van der Waals surface area contributed by atoms with Crippen LogP contribution in [0.25, 0.3) is 0 Å². The molecule has 20 heavy (non-hydrogen) atoms. The Morgan fingerprint density at radius 2 is 1.45 bits per heavy atom. The first kappa shape index (κ1) is 13.4. The first-order valence-electron chi connectivity index (χ1n) is 7.73. The number of nitrogens with one attached hydrogen (secondary N) is 1. The lowest BCUT2D eigenvalue weighted by Crippen LogP contribution is -2.15. The van der Waals surface area contributed by atoms with Gasteiger partial charge in [-0.05, 0) is 47.4 Å². The summed E-state index contributed by atoms with van der Waals surface area (Å²) >= 11 is 0. The summed E-state index contributed by atoms with van der Waals surface area (Å²) in [5, 5.41) is 3.62. The average molecular weight is 265 g/mol. The fourth-order valence-electron chi connectivity index (χ4n) is 2.89. The van der Waals surface area contributed by atoms with Gasteiger partial charge in [0.1, 0.15) is 0 Å². The van der Waals surface area contributed by atoms with E-state index in [1.807, 2.05) is 0 Å². The van der Waals surface area contributed by atoms with Crippen molar-refractivity contribution in [2.75, 3.05) is 0 Å². The van der Waals surface area contributed by atoms with Crippen LogP contribution in [0.4, 0.5) is 0 Å². The van der Waals surface area contributed by atoms with Gasteiger partial charge in [-0.15, -0.1) is 0 Å². The molecule has 1 saturated carbocycles. The van der Waals surface area contributed by atoms with Crippen LogP contribution in [0, 0.1) is 0 Å². The van der Waals surface area contributed by atoms with Crippen LogP contribution in [0.15, 0.2) is 48.5 Å². The van der Waals surface area contributed by atoms with Crippen LogP contribution >= 0.6 is 0 Å². The predicted octanol–water partition coefficient (Wildman–Crippen LogP) is 4.42. The molecule has 1 heteroatoms. The fraction of sp³-hybridized carbons (Fsp3) is 0.368. The summed E-state index contributed by atoms with van der Waals surface area (Å²) in [7, 11) is 0. The Kier molecular flexibility index (Phi) is 4.17. The topological polar surface area (TPSA) is 12.0 Å². The summed E-state index contributed by atoms with van der Waals surface area (Å²) in [6.45, 7) is 4.16. The maximum Gasteiger partial charge on any atom is 0.0211 e. The van der Waals surface area contributed by atoms with Crippen molar-refractivity contribution in [2.24, 2.45) is 0 Å². The van der Waals surface area contributed by atoms with Crippen LogP contribution in [0.3, 0.4) is 0 Å². The van der Waals surface area contributed by atoms with Crippen molar-refractivity contribution in [1.82, 2.24) is 5.32 Å². The van der Waals surface area contributed by atoms with Gasteiger partial charge >= 0.3 is 0 Å². The van der Waals surface area contributed by atoms with Crippen molar-refractivity contribution >= 4 is 0 Å². The second-order valence-electron chi connectivity index (χ2n) is 5.70. The molecule has 1 nitrogen and oxygen atoms in total. The van der Waals surface area contributed by atoms with E-state index in [9.17, 15) is 0 Å². The minimum absolute atomic E-state index is 0.830.